The highest BCUT2D eigenvalue weighted by Crippen LogP contribution is 2.35. The first-order valence-electron chi connectivity index (χ1n) is 8.00. The molecule has 1 aromatic rings. The number of amides is 1. The zero-order valence-electron chi connectivity index (χ0n) is 12.7. The number of furan rings is 1. The molecule has 4 heteroatoms. The Morgan fingerprint density at radius 3 is 2.90 bits per heavy atom. The Hall–Kier alpha value is -1.55. The first-order chi connectivity index (χ1) is 10.2. The summed E-state index contributed by atoms with van der Waals surface area (Å²) in [6, 6.07) is 1.87. The van der Waals surface area contributed by atoms with E-state index < -0.39 is 0 Å². The van der Waals surface area contributed by atoms with Crippen molar-refractivity contribution in [3.05, 3.63) is 29.7 Å². The van der Waals surface area contributed by atoms with Gasteiger partial charge in [0.05, 0.1) is 6.26 Å². The molecule has 0 bridgehead atoms. The van der Waals surface area contributed by atoms with Gasteiger partial charge in [0, 0.05) is 24.7 Å². The highest BCUT2D eigenvalue weighted by atomic mass is 16.3. The second-order valence-electron chi connectivity index (χ2n) is 6.28. The zero-order valence-corrected chi connectivity index (χ0v) is 12.7. The van der Waals surface area contributed by atoms with Crippen molar-refractivity contribution < 1.29 is 9.21 Å². The highest BCUT2D eigenvalue weighted by molar-refractivity contribution is 5.91. The summed E-state index contributed by atoms with van der Waals surface area (Å²) >= 11 is 0. The molecular weight excluding hydrogens is 264 g/mol. The van der Waals surface area contributed by atoms with Gasteiger partial charge < -0.3 is 4.42 Å². The first-order valence-corrected chi connectivity index (χ1v) is 8.00. The van der Waals surface area contributed by atoms with Crippen molar-refractivity contribution in [2.24, 2.45) is 11.8 Å². The van der Waals surface area contributed by atoms with Gasteiger partial charge in [-0.15, -0.1) is 0 Å². The summed E-state index contributed by atoms with van der Waals surface area (Å²) < 4.78 is 5.21. The molecule has 2 unspecified atom stereocenters. The van der Waals surface area contributed by atoms with Crippen LogP contribution in [0, 0.1) is 18.8 Å². The van der Waals surface area contributed by atoms with Gasteiger partial charge in [-0.2, -0.15) is 0 Å². The molecule has 1 amide bonds. The van der Waals surface area contributed by atoms with Gasteiger partial charge in [0.25, 0.3) is 5.91 Å². The quantitative estimate of drug-likeness (QED) is 0.869. The van der Waals surface area contributed by atoms with Crippen LogP contribution in [0.15, 0.2) is 22.8 Å². The Kier molecular flexibility index (Phi) is 4.44. The maximum atomic E-state index is 12.0. The molecule has 21 heavy (non-hydrogen) atoms. The molecule has 1 saturated carbocycles. The predicted molar refractivity (Wildman–Crippen MR) is 82.3 cm³/mol. The molecule has 0 spiro atoms. The summed E-state index contributed by atoms with van der Waals surface area (Å²) in [6.07, 6.45) is 11.7. The van der Waals surface area contributed by atoms with Gasteiger partial charge in [-0.25, -0.2) is 5.01 Å². The monoisotopic (exact) mass is 288 g/mol. The average Bonchev–Trinajstić information content (AvgIpc) is 2.90. The van der Waals surface area contributed by atoms with E-state index in [1.54, 1.807) is 12.3 Å². The summed E-state index contributed by atoms with van der Waals surface area (Å²) in [5.74, 6) is 2.44. The van der Waals surface area contributed by atoms with Crippen LogP contribution >= 0.6 is 0 Å². The van der Waals surface area contributed by atoms with Crippen molar-refractivity contribution in [1.82, 2.24) is 10.4 Å². The number of carbonyl (C=O) groups is 1. The van der Waals surface area contributed by atoms with Crippen LogP contribution in [-0.4, -0.2) is 24.0 Å². The minimum Gasteiger partial charge on any atom is -0.469 e. The van der Waals surface area contributed by atoms with Gasteiger partial charge >= 0.3 is 0 Å². The van der Waals surface area contributed by atoms with Crippen LogP contribution in [0.25, 0.3) is 6.08 Å². The summed E-state index contributed by atoms with van der Waals surface area (Å²) in [7, 11) is 0. The molecule has 2 fully saturated rings. The Labute approximate surface area is 126 Å². The average molecular weight is 288 g/mol. The predicted octanol–water partition coefficient (Wildman–Crippen LogP) is 3.14. The van der Waals surface area contributed by atoms with Gasteiger partial charge in [0.2, 0.25) is 0 Å². The number of nitrogens with zero attached hydrogens (tertiary/aromatic N) is 1. The fraction of sp³-hybridized carbons (Fsp3) is 0.588. The van der Waals surface area contributed by atoms with Crippen molar-refractivity contribution in [1.29, 1.82) is 0 Å². The van der Waals surface area contributed by atoms with E-state index in [1.807, 2.05) is 19.1 Å². The van der Waals surface area contributed by atoms with Crippen LogP contribution < -0.4 is 5.43 Å². The first kappa shape index (κ1) is 14.4. The van der Waals surface area contributed by atoms with E-state index in [9.17, 15) is 4.79 Å². The summed E-state index contributed by atoms with van der Waals surface area (Å²) in [5.41, 5.74) is 3.97. The molecule has 2 atom stereocenters. The SMILES string of the molecule is Cc1occc1/C=C/C(=O)NN1CCC2CCCCC2C1. The van der Waals surface area contributed by atoms with E-state index in [0.29, 0.717) is 0 Å². The van der Waals surface area contributed by atoms with Gasteiger partial charge in [0.15, 0.2) is 0 Å². The van der Waals surface area contributed by atoms with E-state index in [1.165, 1.54) is 32.1 Å². The fourth-order valence-corrected chi connectivity index (χ4v) is 3.63. The summed E-state index contributed by atoms with van der Waals surface area (Å²) in [5, 5.41) is 2.10. The third-order valence-corrected chi connectivity index (χ3v) is 4.87. The molecule has 2 heterocycles. The van der Waals surface area contributed by atoms with Crippen LogP contribution in [0.2, 0.25) is 0 Å². The van der Waals surface area contributed by atoms with E-state index in [2.05, 4.69) is 10.4 Å². The number of piperidine rings is 1. The van der Waals surface area contributed by atoms with Crippen molar-refractivity contribution in [3.8, 4) is 0 Å². The number of hydrogen-bond donors (Lipinski definition) is 1. The number of hydrogen-bond acceptors (Lipinski definition) is 3. The van der Waals surface area contributed by atoms with Gasteiger partial charge in [-0.05, 0) is 43.7 Å². The topological polar surface area (TPSA) is 45.5 Å². The lowest BCUT2D eigenvalue weighted by atomic mass is 9.75. The third-order valence-electron chi connectivity index (χ3n) is 4.87. The number of rotatable bonds is 3. The molecule has 3 rings (SSSR count). The van der Waals surface area contributed by atoms with E-state index >= 15 is 0 Å². The second kappa shape index (κ2) is 6.48. The van der Waals surface area contributed by atoms with E-state index in [4.69, 9.17) is 4.42 Å². The Morgan fingerprint density at radius 2 is 2.14 bits per heavy atom. The zero-order chi connectivity index (χ0) is 14.7. The molecule has 0 aromatic carbocycles. The standard InChI is InChI=1S/C17H24N2O2/c1-13-14(9-11-21-13)6-7-17(20)18-19-10-8-15-4-2-3-5-16(15)12-19/h6-7,9,11,15-16H,2-5,8,10,12H2,1H3,(H,18,20)/b7-6+. The van der Waals surface area contributed by atoms with Crippen LogP contribution in [0.5, 0.6) is 0 Å². The van der Waals surface area contributed by atoms with Crippen LogP contribution in [0.4, 0.5) is 0 Å². The number of fused-ring (bicyclic) bond motifs is 1. The van der Waals surface area contributed by atoms with Crippen molar-refractivity contribution in [2.75, 3.05) is 13.1 Å². The lowest BCUT2D eigenvalue weighted by Crippen LogP contribution is -2.50. The molecular formula is C17H24N2O2. The summed E-state index contributed by atoms with van der Waals surface area (Å²) in [6.45, 7) is 3.88. The molecule has 1 aliphatic carbocycles. The minimum atomic E-state index is -0.0511. The minimum absolute atomic E-state index is 0.0511. The molecule has 1 aromatic heterocycles. The molecule has 1 aliphatic heterocycles. The number of aryl methyl sites for hydroxylation is 1. The second-order valence-corrected chi connectivity index (χ2v) is 6.28. The lowest BCUT2D eigenvalue weighted by Gasteiger charge is -2.41. The van der Waals surface area contributed by atoms with E-state index in [-0.39, 0.29) is 5.91 Å². The number of carbonyl (C=O) groups excluding carboxylic acids is 1. The number of hydrazine groups is 1. The molecule has 4 nitrogen and oxygen atoms in total. The lowest BCUT2D eigenvalue weighted by molar-refractivity contribution is -0.122. The van der Waals surface area contributed by atoms with Crippen LogP contribution in [-0.2, 0) is 4.79 Å². The van der Waals surface area contributed by atoms with Crippen LogP contribution in [0.3, 0.4) is 0 Å². The van der Waals surface area contributed by atoms with Gasteiger partial charge in [-0.3, -0.25) is 10.2 Å². The fourth-order valence-electron chi connectivity index (χ4n) is 3.63. The van der Waals surface area contributed by atoms with E-state index in [0.717, 1.165) is 36.2 Å². The third kappa shape index (κ3) is 3.56. The number of nitrogens with one attached hydrogen (secondary N) is 1. The Morgan fingerprint density at radius 1 is 1.33 bits per heavy atom. The van der Waals surface area contributed by atoms with Crippen molar-refractivity contribution >= 4 is 12.0 Å². The normalized spacial score (nSPS) is 26.7. The molecule has 2 aliphatic rings. The molecule has 1 N–H and O–H groups in total. The molecule has 0 radical (unpaired) electrons. The molecule has 1 saturated heterocycles. The van der Waals surface area contributed by atoms with Crippen molar-refractivity contribution in [2.45, 2.75) is 39.0 Å². The van der Waals surface area contributed by atoms with Crippen LogP contribution in [0.1, 0.15) is 43.4 Å². The van der Waals surface area contributed by atoms with Gasteiger partial charge in [-0.1, -0.05) is 19.3 Å². The highest BCUT2D eigenvalue weighted by Gasteiger charge is 2.31. The summed E-state index contributed by atoms with van der Waals surface area (Å²) in [4.78, 5) is 12.0. The smallest absolute Gasteiger partial charge is 0.258 e. The Bertz CT molecular complexity index is 521. The largest absolute Gasteiger partial charge is 0.469 e. The maximum absolute atomic E-state index is 12.0. The van der Waals surface area contributed by atoms with Gasteiger partial charge in [0.1, 0.15) is 5.76 Å². The van der Waals surface area contributed by atoms with Crippen molar-refractivity contribution in [3.63, 3.8) is 0 Å². The Balaban J connectivity index is 1.51. The molecule has 114 valence electrons. The maximum Gasteiger partial charge on any atom is 0.258 e.